The Hall–Kier alpha value is -2.32. The summed E-state index contributed by atoms with van der Waals surface area (Å²) in [4.78, 5) is 32.4. The number of nitro benzene ring substituents is 1. The van der Waals surface area contributed by atoms with Gasteiger partial charge in [-0.25, -0.2) is 0 Å². The van der Waals surface area contributed by atoms with Gasteiger partial charge >= 0.3 is 0 Å². The van der Waals surface area contributed by atoms with Crippen LogP contribution in [0.5, 0.6) is 0 Å². The molecule has 0 saturated carbocycles. The lowest BCUT2D eigenvalue weighted by Gasteiger charge is -2.18. The number of ketones is 1. The maximum Gasteiger partial charge on any atom is 0.276 e. The molecule has 0 spiro atoms. The van der Waals surface area contributed by atoms with Crippen molar-refractivity contribution in [2.24, 2.45) is 0 Å². The van der Waals surface area contributed by atoms with Crippen LogP contribution < -0.4 is 5.32 Å². The summed E-state index contributed by atoms with van der Waals surface area (Å²) in [6, 6.07) is 3.68. The van der Waals surface area contributed by atoms with Gasteiger partial charge in [0.2, 0.25) is 5.91 Å². The van der Waals surface area contributed by atoms with Gasteiger partial charge in [0, 0.05) is 25.1 Å². The Morgan fingerprint density at radius 1 is 1.32 bits per heavy atom. The number of aliphatic hydroxyl groups is 2. The lowest BCUT2D eigenvalue weighted by Crippen LogP contribution is -2.28. The molecule has 0 saturated heterocycles. The normalized spacial score (nSPS) is 13.3. The summed E-state index contributed by atoms with van der Waals surface area (Å²) in [6.45, 7) is 2.72. The van der Waals surface area contributed by atoms with Crippen molar-refractivity contribution in [3.63, 3.8) is 0 Å². The highest BCUT2D eigenvalue weighted by molar-refractivity contribution is 5.94. The van der Waals surface area contributed by atoms with Crippen molar-refractivity contribution in [1.82, 2.24) is 5.32 Å². The topological polar surface area (TPSA) is 130 Å². The number of nitrogens with one attached hydrogen (secondary N) is 1. The van der Waals surface area contributed by atoms with E-state index in [1.807, 2.05) is 0 Å². The first-order valence-electron chi connectivity index (χ1n) is 6.64. The van der Waals surface area contributed by atoms with E-state index in [0.717, 1.165) is 6.07 Å². The molecule has 3 N–H and O–H groups in total. The lowest BCUT2D eigenvalue weighted by molar-refractivity contribution is -0.386. The molecule has 0 bridgehead atoms. The van der Waals surface area contributed by atoms with E-state index in [0.29, 0.717) is 0 Å². The number of nitro groups is 1. The van der Waals surface area contributed by atoms with Gasteiger partial charge in [0.05, 0.1) is 16.6 Å². The highest BCUT2D eigenvalue weighted by Crippen LogP contribution is 2.29. The van der Waals surface area contributed by atoms with Crippen LogP contribution in [0.25, 0.3) is 0 Å². The van der Waals surface area contributed by atoms with E-state index in [1.165, 1.54) is 26.0 Å². The molecule has 2 unspecified atom stereocenters. The molecule has 1 rings (SSSR count). The molecule has 120 valence electrons. The van der Waals surface area contributed by atoms with E-state index in [-0.39, 0.29) is 35.8 Å². The Labute approximate surface area is 126 Å². The van der Waals surface area contributed by atoms with Crippen molar-refractivity contribution in [3.05, 3.63) is 39.4 Å². The average Bonchev–Trinajstić information content (AvgIpc) is 2.45. The number of hydrogen-bond acceptors (Lipinski definition) is 6. The number of benzene rings is 1. The fraction of sp³-hybridized carbons (Fsp3) is 0.429. The summed E-state index contributed by atoms with van der Waals surface area (Å²) >= 11 is 0. The van der Waals surface area contributed by atoms with Crippen molar-refractivity contribution >= 4 is 17.4 Å². The number of nitrogens with zero attached hydrogens (tertiary/aromatic N) is 1. The maximum atomic E-state index is 11.3. The van der Waals surface area contributed by atoms with Crippen LogP contribution in [-0.2, 0) is 4.79 Å². The van der Waals surface area contributed by atoms with Gasteiger partial charge in [0.25, 0.3) is 5.69 Å². The number of amides is 1. The highest BCUT2D eigenvalue weighted by Gasteiger charge is 2.27. The van der Waals surface area contributed by atoms with Crippen molar-refractivity contribution in [2.45, 2.75) is 32.5 Å². The van der Waals surface area contributed by atoms with E-state index in [1.54, 1.807) is 0 Å². The predicted molar refractivity (Wildman–Crippen MR) is 77.4 cm³/mol. The zero-order valence-electron chi connectivity index (χ0n) is 12.3. The van der Waals surface area contributed by atoms with E-state index in [2.05, 4.69) is 5.32 Å². The molecule has 1 aromatic carbocycles. The standard InChI is InChI=1S/C14H18N2O6/c1-8(17)10-3-4-11(12(7-10)16(21)22)14(20)13(19)5-6-15-9(2)18/h3-4,7,13-14,19-20H,5-6H2,1-2H3,(H,15,18). The number of Topliss-reactive ketones (excluding diaryl/α,β-unsaturated/α-hetero) is 1. The van der Waals surface area contributed by atoms with Crippen LogP contribution in [0.4, 0.5) is 5.69 Å². The van der Waals surface area contributed by atoms with Crippen LogP contribution in [0.15, 0.2) is 18.2 Å². The van der Waals surface area contributed by atoms with Crippen LogP contribution in [0.3, 0.4) is 0 Å². The molecule has 0 fully saturated rings. The predicted octanol–water partition coefficient (Wildman–Crippen LogP) is 0.718. The molecule has 0 aromatic heterocycles. The van der Waals surface area contributed by atoms with E-state index in [4.69, 9.17) is 0 Å². The van der Waals surface area contributed by atoms with Gasteiger partial charge in [0.1, 0.15) is 6.10 Å². The third-order valence-corrected chi connectivity index (χ3v) is 3.13. The van der Waals surface area contributed by atoms with E-state index < -0.39 is 22.8 Å². The summed E-state index contributed by atoms with van der Waals surface area (Å²) in [5, 5.41) is 33.5. The van der Waals surface area contributed by atoms with Crippen LogP contribution >= 0.6 is 0 Å². The summed E-state index contributed by atoms with van der Waals surface area (Å²) in [7, 11) is 0. The summed E-state index contributed by atoms with van der Waals surface area (Å²) in [5.41, 5.74) is -0.362. The number of aliphatic hydroxyl groups excluding tert-OH is 2. The summed E-state index contributed by atoms with van der Waals surface area (Å²) in [5.74, 6) is -0.617. The van der Waals surface area contributed by atoms with Gasteiger partial charge < -0.3 is 15.5 Å². The third-order valence-electron chi connectivity index (χ3n) is 3.13. The fourth-order valence-corrected chi connectivity index (χ4v) is 1.93. The first-order chi connectivity index (χ1) is 10.2. The second-order valence-electron chi connectivity index (χ2n) is 4.87. The quantitative estimate of drug-likeness (QED) is 0.386. The third kappa shape index (κ3) is 4.61. The van der Waals surface area contributed by atoms with E-state index in [9.17, 15) is 29.9 Å². The smallest absolute Gasteiger partial charge is 0.276 e. The monoisotopic (exact) mass is 310 g/mol. The second kappa shape index (κ2) is 7.62. The number of hydrogen-bond donors (Lipinski definition) is 3. The van der Waals surface area contributed by atoms with Crippen LogP contribution in [0.1, 0.15) is 42.3 Å². The molecule has 8 nitrogen and oxygen atoms in total. The Morgan fingerprint density at radius 2 is 1.95 bits per heavy atom. The highest BCUT2D eigenvalue weighted by atomic mass is 16.6. The molecular weight excluding hydrogens is 292 g/mol. The van der Waals surface area contributed by atoms with Crippen molar-refractivity contribution in [1.29, 1.82) is 0 Å². The Kier molecular flexibility index (Phi) is 6.14. The summed E-state index contributed by atoms with van der Waals surface area (Å²) < 4.78 is 0. The van der Waals surface area contributed by atoms with Gasteiger partial charge in [0.15, 0.2) is 5.78 Å². The molecule has 0 aliphatic carbocycles. The fourth-order valence-electron chi connectivity index (χ4n) is 1.93. The number of carbonyl (C=O) groups excluding carboxylic acids is 2. The average molecular weight is 310 g/mol. The molecule has 0 aliphatic heterocycles. The molecule has 1 aromatic rings. The largest absolute Gasteiger partial charge is 0.390 e. The molecule has 2 atom stereocenters. The van der Waals surface area contributed by atoms with Gasteiger partial charge in [-0.2, -0.15) is 0 Å². The molecule has 22 heavy (non-hydrogen) atoms. The molecule has 1 amide bonds. The zero-order valence-corrected chi connectivity index (χ0v) is 12.3. The second-order valence-corrected chi connectivity index (χ2v) is 4.87. The Balaban J connectivity index is 2.96. The number of carbonyl (C=O) groups is 2. The van der Waals surface area contributed by atoms with Gasteiger partial charge in [-0.15, -0.1) is 0 Å². The first-order valence-corrected chi connectivity index (χ1v) is 6.64. The minimum Gasteiger partial charge on any atom is -0.390 e. The Bertz CT molecular complexity index is 587. The first kappa shape index (κ1) is 17.7. The maximum absolute atomic E-state index is 11.3. The minimum absolute atomic E-state index is 0.0341. The molecule has 0 heterocycles. The van der Waals surface area contributed by atoms with Gasteiger partial charge in [-0.05, 0) is 19.4 Å². The molecule has 0 radical (unpaired) electrons. The molecule has 8 heteroatoms. The summed E-state index contributed by atoms with van der Waals surface area (Å²) in [6.07, 6.45) is -2.74. The van der Waals surface area contributed by atoms with Gasteiger partial charge in [-0.3, -0.25) is 19.7 Å². The zero-order chi connectivity index (χ0) is 16.9. The van der Waals surface area contributed by atoms with Crippen LogP contribution in [-0.4, -0.2) is 39.5 Å². The Morgan fingerprint density at radius 3 is 2.45 bits per heavy atom. The SMILES string of the molecule is CC(=O)NCCC(O)C(O)c1ccc(C(C)=O)cc1[N+](=O)[O-]. The van der Waals surface area contributed by atoms with Gasteiger partial charge in [-0.1, -0.05) is 6.07 Å². The van der Waals surface area contributed by atoms with Crippen molar-refractivity contribution in [2.75, 3.05) is 6.54 Å². The van der Waals surface area contributed by atoms with E-state index >= 15 is 0 Å². The van der Waals surface area contributed by atoms with Crippen LogP contribution in [0.2, 0.25) is 0 Å². The van der Waals surface area contributed by atoms with Crippen LogP contribution in [0, 0.1) is 10.1 Å². The van der Waals surface area contributed by atoms with Crippen molar-refractivity contribution < 1.29 is 24.7 Å². The van der Waals surface area contributed by atoms with Crippen molar-refractivity contribution in [3.8, 4) is 0 Å². The lowest BCUT2D eigenvalue weighted by atomic mass is 9.98. The number of rotatable bonds is 7. The molecule has 0 aliphatic rings. The minimum atomic E-state index is -1.49. The molecular formula is C14H18N2O6.